The van der Waals surface area contributed by atoms with Gasteiger partial charge < -0.3 is 23.5 Å². The van der Waals surface area contributed by atoms with Crippen molar-refractivity contribution in [2.75, 3.05) is 28.4 Å². The fourth-order valence-corrected chi connectivity index (χ4v) is 2.85. The molecule has 0 spiro atoms. The Balaban J connectivity index is 0.000000960. The Morgan fingerprint density at radius 2 is 1.24 bits per heavy atom. The van der Waals surface area contributed by atoms with Gasteiger partial charge in [-0.2, -0.15) is 0 Å². The third kappa shape index (κ3) is 8.26. The van der Waals surface area contributed by atoms with Crippen molar-refractivity contribution in [3.8, 4) is 23.0 Å². The number of halogens is 1. The molecule has 0 saturated heterocycles. The zero-order valence-electron chi connectivity index (χ0n) is 17.2. The predicted octanol–water partition coefficient (Wildman–Crippen LogP) is 2.97. The Kier molecular flexibility index (Phi) is 9.87. The lowest BCUT2D eigenvalue weighted by atomic mass is 9.90. The molecule has 0 radical (unpaired) electrons. The van der Waals surface area contributed by atoms with Gasteiger partial charge in [0.15, 0.2) is 0 Å². The Morgan fingerprint density at radius 3 is 1.52 bits per heavy atom. The molecule has 0 aliphatic heterocycles. The molecule has 2 N–H and O–H groups in total. The molecular weight excluding hydrogens is 401 g/mol. The quantitative estimate of drug-likeness (QED) is 0.649. The topological polar surface area (TPSA) is 103 Å². The van der Waals surface area contributed by atoms with Crippen LogP contribution < -0.4 is 24.1 Å². The van der Waals surface area contributed by atoms with Gasteiger partial charge in [0, 0.05) is 36.2 Å². The van der Waals surface area contributed by atoms with Crippen molar-refractivity contribution >= 4 is 11.3 Å². The van der Waals surface area contributed by atoms with Gasteiger partial charge >= 0.3 is 0 Å². The van der Waals surface area contributed by atoms with E-state index in [1.807, 2.05) is 24.3 Å². The second kappa shape index (κ2) is 11.6. The molecule has 1 unspecified atom stereocenters. The van der Waals surface area contributed by atoms with Crippen LogP contribution in [-0.2, 0) is 24.1 Å². The smallest absolute Gasteiger partial charge is 0.125 e. The van der Waals surface area contributed by atoms with E-state index in [4.69, 9.17) is 27.7 Å². The molecule has 2 rings (SSSR count). The van der Waals surface area contributed by atoms with Gasteiger partial charge in [-0.25, -0.2) is 4.39 Å². The van der Waals surface area contributed by atoms with Gasteiger partial charge in [0.1, 0.15) is 28.7 Å². The Bertz CT molecular complexity index is 752. The third-order valence-corrected chi connectivity index (χ3v) is 4.11. The van der Waals surface area contributed by atoms with Gasteiger partial charge in [0.2, 0.25) is 0 Å². The first-order valence-corrected chi connectivity index (χ1v) is 9.74. The normalized spacial score (nSPS) is 11.7. The van der Waals surface area contributed by atoms with Gasteiger partial charge in [0.25, 0.3) is 0 Å². The molecule has 2 aromatic rings. The summed E-state index contributed by atoms with van der Waals surface area (Å²) >= 11 is -2.36. The predicted molar refractivity (Wildman–Crippen MR) is 109 cm³/mol. The minimum Gasteiger partial charge on any atom is -0.760 e. The number of methoxy groups -OCH3 is 4. The first-order chi connectivity index (χ1) is 13.6. The van der Waals surface area contributed by atoms with E-state index in [0.717, 1.165) is 11.1 Å². The number of alkyl halides is 1. The summed E-state index contributed by atoms with van der Waals surface area (Å²) in [5.74, 6) is 2.59. The summed E-state index contributed by atoms with van der Waals surface area (Å²) in [6.07, 6.45) is 0.435. The number of benzene rings is 2. The highest BCUT2D eigenvalue weighted by molar-refractivity contribution is 7.76. The van der Waals surface area contributed by atoms with E-state index in [1.54, 1.807) is 47.5 Å². The van der Waals surface area contributed by atoms with Crippen molar-refractivity contribution in [2.45, 2.75) is 25.4 Å². The SMILES string of the molecule is COc1ccc(CC(C)(F)Cc2ccc(OC)cc2OC)c(OC)c1.NS(=O)[O-]. The maximum atomic E-state index is 15.3. The summed E-state index contributed by atoms with van der Waals surface area (Å²) < 4.78 is 54.0. The average molecular weight is 429 g/mol. The average Bonchev–Trinajstić information content (AvgIpc) is 2.67. The molecule has 2 aromatic carbocycles. The van der Waals surface area contributed by atoms with Gasteiger partial charge in [0.05, 0.1) is 28.4 Å². The van der Waals surface area contributed by atoms with Gasteiger partial charge in [-0.3, -0.25) is 9.35 Å². The van der Waals surface area contributed by atoms with Crippen LogP contribution in [0, 0.1) is 0 Å². The van der Waals surface area contributed by atoms with Crippen molar-refractivity contribution in [3.63, 3.8) is 0 Å². The molecule has 162 valence electrons. The Hall–Kier alpha value is -2.36. The van der Waals surface area contributed by atoms with E-state index in [0.29, 0.717) is 23.0 Å². The largest absolute Gasteiger partial charge is 0.760 e. The highest BCUT2D eigenvalue weighted by atomic mass is 32.2. The number of hydrogen-bond donors (Lipinski definition) is 1. The first kappa shape index (κ1) is 24.7. The van der Waals surface area contributed by atoms with Crippen molar-refractivity contribution in [2.24, 2.45) is 5.14 Å². The summed E-state index contributed by atoms with van der Waals surface area (Å²) in [4.78, 5) is 0. The lowest BCUT2D eigenvalue weighted by Gasteiger charge is -2.23. The van der Waals surface area contributed by atoms with Crippen molar-refractivity contribution in [1.29, 1.82) is 0 Å². The fraction of sp³-hybridized carbons (Fsp3) is 0.400. The lowest BCUT2D eigenvalue weighted by Crippen LogP contribution is -2.25. The molecule has 7 nitrogen and oxygen atoms in total. The van der Waals surface area contributed by atoms with Crippen LogP contribution >= 0.6 is 0 Å². The summed E-state index contributed by atoms with van der Waals surface area (Å²) in [7, 11) is 6.31. The van der Waals surface area contributed by atoms with Crippen LogP contribution in [0.15, 0.2) is 36.4 Å². The summed E-state index contributed by atoms with van der Waals surface area (Å²) in [5, 5.41) is 4.03. The molecule has 29 heavy (non-hydrogen) atoms. The van der Waals surface area contributed by atoms with Crippen molar-refractivity contribution in [1.82, 2.24) is 0 Å². The second-order valence-electron chi connectivity index (χ2n) is 6.38. The number of hydrogen-bond acceptors (Lipinski definition) is 6. The Labute approximate surface area is 173 Å². The third-order valence-electron chi connectivity index (χ3n) is 4.11. The van der Waals surface area contributed by atoms with E-state index in [9.17, 15) is 0 Å². The van der Waals surface area contributed by atoms with Crippen LogP contribution in [0.2, 0.25) is 0 Å². The van der Waals surface area contributed by atoms with Gasteiger partial charge in [-0.1, -0.05) is 12.1 Å². The maximum Gasteiger partial charge on any atom is 0.125 e. The molecule has 0 fully saturated rings. The molecule has 0 saturated carbocycles. The number of rotatable bonds is 8. The molecule has 1 atom stereocenters. The molecule has 9 heteroatoms. The maximum absolute atomic E-state index is 15.3. The molecule has 0 amide bonds. The molecule has 0 aliphatic carbocycles. The summed E-state index contributed by atoms with van der Waals surface area (Å²) in [6.45, 7) is 1.58. The number of ether oxygens (including phenoxy) is 4. The first-order valence-electron chi connectivity index (χ1n) is 8.60. The molecule has 0 aliphatic rings. The monoisotopic (exact) mass is 428 g/mol. The highest BCUT2D eigenvalue weighted by Crippen LogP contribution is 2.33. The fourth-order valence-electron chi connectivity index (χ4n) is 2.85. The van der Waals surface area contributed by atoms with E-state index >= 15 is 4.39 Å². The van der Waals surface area contributed by atoms with Gasteiger partial charge in [-0.15, -0.1) is 0 Å². The van der Waals surface area contributed by atoms with Crippen molar-refractivity contribution < 1.29 is 32.1 Å². The standard InChI is InChI=1S/C20H25FO4.H3NO2S/c1-20(21,12-14-6-8-16(22-2)10-18(14)24-4)13-15-7-9-17(23-3)11-19(15)25-5;1-4(2)3/h6-11H,12-13H2,1-5H3;1H2,(H,2,3)/p-1. The van der Waals surface area contributed by atoms with Crippen LogP contribution in [0.4, 0.5) is 4.39 Å². The van der Waals surface area contributed by atoms with E-state index in [1.165, 1.54) is 0 Å². The molecule has 0 heterocycles. The van der Waals surface area contributed by atoms with Crippen LogP contribution in [0.25, 0.3) is 0 Å². The Morgan fingerprint density at radius 1 is 0.897 bits per heavy atom. The van der Waals surface area contributed by atoms with Crippen LogP contribution in [0.1, 0.15) is 18.1 Å². The minimum absolute atomic E-state index is 0.218. The highest BCUT2D eigenvalue weighted by Gasteiger charge is 2.27. The summed E-state index contributed by atoms with van der Waals surface area (Å²) in [5.41, 5.74) is 0.116. The van der Waals surface area contributed by atoms with Crippen molar-refractivity contribution in [3.05, 3.63) is 47.5 Å². The summed E-state index contributed by atoms with van der Waals surface area (Å²) in [6, 6.07) is 10.8. The van der Waals surface area contributed by atoms with Crippen LogP contribution in [0.3, 0.4) is 0 Å². The van der Waals surface area contributed by atoms with E-state index in [-0.39, 0.29) is 12.8 Å². The van der Waals surface area contributed by atoms with Crippen LogP contribution in [0.5, 0.6) is 23.0 Å². The zero-order chi connectivity index (χ0) is 22.0. The van der Waals surface area contributed by atoms with Gasteiger partial charge in [-0.05, 0) is 30.2 Å². The second-order valence-corrected chi connectivity index (χ2v) is 6.90. The van der Waals surface area contributed by atoms with E-state index in [2.05, 4.69) is 5.14 Å². The lowest BCUT2D eigenvalue weighted by molar-refractivity contribution is 0.185. The van der Waals surface area contributed by atoms with Crippen LogP contribution in [-0.4, -0.2) is 42.9 Å². The molecule has 0 aromatic heterocycles. The number of nitrogens with two attached hydrogens (primary N) is 1. The minimum atomic E-state index is -2.36. The zero-order valence-corrected chi connectivity index (χ0v) is 18.0. The molecule has 0 bridgehead atoms. The molecular formula is C20H27FNO6S-. The van der Waals surface area contributed by atoms with E-state index < -0.39 is 16.9 Å².